The average Bonchev–Trinajstić information content (AvgIpc) is 3.05. The minimum Gasteiger partial charge on any atom is -0.394 e. The lowest BCUT2D eigenvalue weighted by Gasteiger charge is -2.25. The Morgan fingerprint density at radius 1 is 1.13 bits per heavy atom. The number of hydrogen-bond acceptors (Lipinski definition) is 5. The van der Waals surface area contributed by atoms with E-state index in [9.17, 15) is 5.11 Å². The minimum absolute atomic E-state index is 0.226. The second kappa shape index (κ2) is 7.95. The van der Waals surface area contributed by atoms with Crippen molar-refractivity contribution < 1.29 is 10.2 Å². The quantitative estimate of drug-likeness (QED) is 0.795. The van der Waals surface area contributed by atoms with Crippen LogP contribution in [0.3, 0.4) is 0 Å². The van der Waals surface area contributed by atoms with Gasteiger partial charge in [-0.1, -0.05) is 61.4 Å². The van der Waals surface area contributed by atoms with Gasteiger partial charge in [0.1, 0.15) is 0 Å². The maximum Gasteiger partial charge on any atom is 0.191 e. The van der Waals surface area contributed by atoms with Crippen molar-refractivity contribution in [3.63, 3.8) is 0 Å². The zero-order valence-electron chi connectivity index (χ0n) is 13.1. The Morgan fingerprint density at radius 2 is 1.87 bits per heavy atom. The van der Waals surface area contributed by atoms with Crippen LogP contribution < -0.4 is 0 Å². The summed E-state index contributed by atoms with van der Waals surface area (Å²) in [5.41, 5.74) is 1.07. The molecule has 2 N–H and O–H groups in total. The molecule has 1 aliphatic rings. The van der Waals surface area contributed by atoms with Crippen LogP contribution in [0.2, 0.25) is 0 Å². The van der Waals surface area contributed by atoms with E-state index in [1.807, 2.05) is 18.2 Å². The van der Waals surface area contributed by atoms with Crippen molar-refractivity contribution in [1.29, 1.82) is 0 Å². The van der Waals surface area contributed by atoms with Gasteiger partial charge in [-0.25, -0.2) is 0 Å². The number of aliphatic hydroxyl groups is 2. The van der Waals surface area contributed by atoms with Crippen LogP contribution in [-0.2, 0) is 0 Å². The first kappa shape index (κ1) is 16.5. The first-order chi connectivity index (χ1) is 11.3. The first-order valence-electron chi connectivity index (χ1n) is 8.21. The van der Waals surface area contributed by atoms with Gasteiger partial charge in [0.25, 0.3) is 0 Å². The van der Waals surface area contributed by atoms with E-state index in [0.29, 0.717) is 11.8 Å². The number of aromatic nitrogens is 3. The summed E-state index contributed by atoms with van der Waals surface area (Å²) in [4.78, 5) is 0. The summed E-state index contributed by atoms with van der Waals surface area (Å²) in [5, 5.41) is 28.2. The van der Waals surface area contributed by atoms with E-state index in [0.717, 1.165) is 29.4 Å². The van der Waals surface area contributed by atoms with Crippen LogP contribution >= 0.6 is 11.8 Å². The van der Waals surface area contributed by atoms with Crippen molar-refractivity contribution in [3.8, 4) is 11.4 Å². The van der Waals surface area contributed by atoms with Crippen LogP contribution in [0.15, 0.2) is 35.5 Å². The third kappa shape index (κ3) is 3.94. The largest absolute Gasteiger partial charge is 0.394 e. The molecule has 2 aromatic rings. The molecule has 1 aromatic heterocycles. The highest BCUT2D eigenvalue weighted by Crippen LogP contribution is 2.35. The highest BCUT2D eigenvalue weighted by Gasteiger charge is 2.24. The lowest BCUT2D eigenvalue weighted by Crippen LogP contribution is -2.17. The van der Waals surface area contributed by atoms with Crippen molar-refractivity contribution in [2.24, 2.45) is 0 Å². The van der Waals surface area contributed by atoms with Gasteiger partial charge in [0.15, 0.2) is 11.0 Å². The highest BCUT2D eigenvalue weighted by atomic mass is 32.2. The molecule has 0 amide bonds. The van der Waals surface area contributed by atoms with Gasteiger partial charge < -0.3 is 10.2 Å². The number of thioether (sulfide) groups is 1. The SMILES string of the molecule is OCC(O)CSc1nnc(-c2ccccc2)n1C1CCCCC1. The first-order valence-corrected chi connectivity index (χ1v) is 9.20. The number of hydrogen-bond donors (Lipinski definition) is 2. The van der Waals surface area contributed by atoms with E-state index in [1.54, 1.807) is 0 Å². The maximum absolute atomic E-state index is 9.62. The number of benzene rings is 1. The Hall–Kier alpha value is -1.37. The standard InChI is InChI=1S/C17H23N3O2S/c21-11-15(22)12-23-17-19-18-16(13-7-3-1-4-8-13)20(17)14-9-5-2-6-10-14/h1,3-4,7-8,14-15,21-22H,2,5-6,9-12H2. The van der Waals surface area contributed by atoms with E-state index < -0.39 is 6.10 Å². The summed E-state index contributed by atoms with van der Waals surface area (Å²) in [6, 6.07) is 10.6. The van der Waals surface area contributed by atoms with Crippen LogP contribution in [0, 0.1) is 0 Å². The van der Waals surface area contributed by atoms with E-state index in [2.05, 4.69) is 26.9 Å². The molecule has 0 saturated heterocycles. The van der Waals surface area contributed by atoms with E-state index in [-0.39, 0.29) is 6.61 Å². The Bertz CT molecular complexity index is 612. The van der Waals surface area contributed by atoms with Gasteiger partial charge in [-0.15, -0.1) is 10.2 Å². The Kier molecular flexibility index (Phi) is 5.70. The van der Waals surface area contributed by atoms with Gasteiger partial charge in [0.05, 0.1) is 12.7 Å². The highest BCUT2D eigenvalue weighted by molar-refractivity contribution is 7.99. The van der Waals surface area contributed by atoms with Gasteiger partial charge in [-0.05, 0) is 12.8 Å². The smallest absolute Gasteiger partial charge is 0.191 e. The van der Waals surface area contributed by atoms with Crippen LogP contribution in [0.1, 0.15) is 38.1 Å². The fourth-order valence-corrected chi connectivity index (χ4v) is 3.97. The predicted molar refractivity (Wildman–Crippen MR) is 91.4 cm³/mol. The normalized spacial score (nSPS) is 17.3. The average molecular weight is 333 g/mol. The van der Waals surface area contributed by atoms with Crippen LogP contribution in [0.4, 0.5) is 0 Å². The molecule has 1 aliphatic carbocycles. The molecule has 0 radical (unpaired) electrons. The van der Waals surface area contributed by atoms with Gasteiger partial charge in [0.2, 0.25) is 0 Å². The molecule has 0 bridgehead atoms. The topological polar surface area (TPSA) is 71.2 Å². The molecule has 5 nitrogen and oxygen atoms in total. The lowest BCUT2D eigenvalue weighted by molar-refractivity contribution is 0.113. The second-order valence-corrected chi connectivity index (χ2v) is 6.97. The minimum atomic E-state index is -0.725. The molecule has 23 heavy (non-hydrogen) atoms. The molecule has 1 aromatic carbocycles. The molecule has 1 saturated carbocycles. The summed E-state index contributed by atoms with van der Waals surface area (Å²) >= 11 is 1.47. The van der Waals surface area contributed by atoms with Gasteiger partial charge in [-0.2, -0.15) is 0 Å². The Morgan fingerprint density at radius 3 is 2.57 bits per heavy atom. The Balaban J connectivity index is 1.91. The molecular weight excluding hydrogens is 310 g/mol. The zero-order valence-corrected chi connectivity index (χ0v) is 14.0. The van der Waals surface area contributed by atoms with E-state index in [1.165, 1.54) is 31.0 Å². The summed E-state index contributed by atoms with van der Waals surface area (Å²) < 4.78 is 2.24. The molecule has 0 aliphatic heterocycles. The predicted octanol–water partition coefficient (Wildman–Crippen LogP) is 2.90. The molecular formula is C17H23N3O2S. The van der Waals surface area contributed by atoms with Crippen molar-refractivity contribution in [1.82, 2.24) is 14.8 Å². The van der Waals surface area contributed by atoms with Crippen molar-refractivity contribution in [3.05, 3.63) is 30.3 Å². The third-order valence-corrected chi connectivity index (χ3v) is 5.34. The number of rotatable bonds is 6. The summed E-state index contributed by atoms with van der Waals surface area (Å²) in [7, 11) is 0. The van der Waals surface area contributed by atoms with Crippen LogP contribution in [0.5, 0.6) is 0 Å². The third-order valence-electron chi connectivity index (χ3n) is 4.25. The fourth-order valence-electron chi connectivity index (χ4n) is 3.05. The van der Waals surface area contributed by atoms with Crippen LogP contribution in [0.25, 0.3) is 11.4 Å². The van der Waals surface area contributed by atoms with Crippen molar-refractivity contribution in [2.75, 3.05) is 12.4 Å². The molecule has 1 atom stereocenters. The molecule has 124 valence electrons. The number of aliphatic hydroxyl groups excluding tert-OH is 2. The Labute approximate surface area is 140 Å². The summed E-state index contributed by atoms with van der Waals surface area (Å²) in [5.74, 6) is 1.33. The molecule has 1 heterocycles. The van der Waals surface area contributed by atoms with E-state index >= 15 is 0 Å². The molecule has 1 unspecified atom stereocenters. The second-order valence-electron chi connectivity index (χ2n) is 5.98. The van der Waals surface area contributed by atoms with Crippen molar-refractivity contribution in [2.45, 2.75) is 49.4 Å². The number of nitrogens with zero attached hydrogens (tertiary/aromatic N) is 3. The molecule has 0 spiro atoms. The molecule has 3 rings (SSSR count). The molecule has 6 heteroatoms. The van der Waals surface area contributed by atoms with Crippen LogP contribution in [-0.4, -0.2) is 43.4 Å². The zero-order chi connectivity index (χ0) is 16.1. The monoisotopic (exact) mass is 333 g/mol. The fraction of sp³-hybridized carbons (Fsp3) is 0.529. The van der Waals surface area contributed by atoms with Gasteiger partial charge in [0, 0.05) is 17.4 Å². The van der Waals surface area contributed by atoms with Gasteiger partial charge in [-0.3, -0.25) is 4.57 Å². The lowest BCUT2D eigenvalue weighted by atomic mass is 9.95. The summed E-state index contributed by atoms with van der Waals surface area (Å²) in [6.07, 6.45) is 5.34. The molecule has 1 fully saturated rings. The van der Waals surface area contributed by atoms with E-state index in [4.69, 9.17) is 5.11 Å². The maximum atomic E-state index is 9.62. The summed E-state index contributed by atoms with van der Waals surface area (Å²) in [6.45, 7) is -0.226. The van der Waals surface area contributed by atoms with Crippen molar-refractivity contribution >= 4 is 11.8 Å². The van der Waals surface area contributed by atoms with Gasteiger partial charge >= 0.3 is 0 Å².